The molecule has 13 heavy (non-hydrogen) atoms. The molecular formula is C12H15N. The fourth-order valence-electron chi connectivity index (χ4n) is 1.63. The van der Waals surface area contributed by atoms with Crippen LogP contribution in [0, 0.1) is 5.41 Å². The van der Waals surface area contributed by atoms with Crippen molar-refractivity contribution in [2.75, 3.05) is 11.4 Å². The van der Waals surface area contributed by atoms with Crippen LogP contribution in [0.1, 0.15) is 13.8 Å². The normalized spacial score (nSPS) is 19.4. The van der Waals surface area contributed by atoms with Gasteiger partial charge in [0.05, 0.1) is 0 Å². The van der Waals surface area contributed by atoms with Crippen LogP contribution in [0.25, 0.3) is 0 Å². The van der Waals surface area contributed by atoms with Gasteiger partial charge in [0.1, 0.15) is 0 Å². The topological polar surface area (TPSA) is 3.24 Å². The molecule has 1 aliphatic rings. The average Bonchev–Trinajstić information content (AvgIpc) is 2.48. The number of hydrogen-bond acceptors (Lipinski definition) is 1. The van der Waals surface area contributed by atoms with Gasteiger partial charge < -0.3 is 4.90 Å². The molecule has 1 nitrogen and oxygen atoms in total. The zero-order valence-corrected chi connectivity index (χ0v) is 8.20. The lowest BCUT2D eigenvalue weighted by Gasteiger charge is -2.21. The predicted octanol–water partition coefficient (Wildman–Crippen LogP) is 3.05. The van der Waals surface area contributed by atoms with Crippen LogP contribution in [-0.2, 0) is 0 Å². The van der Waals surface area contributed by atoms with E-state index in [1.807, 2.05) is 0 Å². The van der Waals surface area contributed by atoms with Gasteiger partial charge in [0.25, 0.3) is 0 Å². The molecule has 1 aromatic rings. The molecule has 0 saturated heterocycles. The van der Waals surface area contributed by atoms with Gasteiger partial charge in [-0.3, -0.25) is 0 Å². The van der Waals surface area contributed by atoms with Crippen LogP contribution in [0.3, 0.4) is 0 Å². The van der Waals surface area contributed by atoms with E-state index in [4.69, 9.17) is 0 Å². The molecule has 1 aliphatic heterocycles. The van der Waals surface area contributed by atoms with Crippen molar-refractivity contribution in [2.45, 2.75) is 13.8 Å². The Kier molecular flexibility index (Phi) is 1.87. The summed E-state index contributed by atoms with van der Waals surface area (Å²) in [6.07, 6.45) is 4.44. The van der Waals surface area contributed by atoms with E-state index in [9.17, 15) is 0 Å². The highest BCUT2D eigenvalue weighted by Gasteiger charge is 2.23. The maximum Gasteiger partial charge on any atom is 0.0406 e. The molecule has 68 valence electrons. The van der Waals surface area contributed by atoms with E-state index >= 15 is 0 Å². The molecule has 0 unspecified atom stereocenters. The van der Waals surface area contributed by atoms with E-state index in [-0.39, 0.29) is 0 Å². The number of rotatable bonds is 1. The number of benzene rings is 1. The Morgan fingerprint density at radius 2 is 1.85 bits per heavy atom. The highest BCUT2D eigenvalue weighted by atomic mass is 15.1. The predicted molar refractivity (Wildman–Crippen MR) is 56.7 cm³/mol. The molecular weight excluding hydrogens is 158 g/mol. The van der Waals surface area contributed by atoms with Gasteiger partial charge in [-0.15, -0.1) is 0 Å². The van der Waals surface area contributed by atoms with Crippen LogP contribution in [-0.4, -0.2) is 6.54 Å². The van der Waals surface area contributed by atoms with Crippen LogP contribution in [0.5, 0.6) is 0 Å². The van der Waals surface area contributed by atoms with Crippen LogP contribution in [0.2, 0.25) is 0 Å². The van der Waals surface area contributed by atoms with E-state index in [2.05, 4.69) is 61.4 Å². The fraction of sp³-hybridized carbons (Fsp3) is 0.333. The number of hydrogen-bond donors (Lipinski definition) is 0. The van der Waals surface area contributed by atoms with Gasteiger partial charge >= 0.3 is 0 Å². The van der Waals surface area contributed by atoms with Gasteiger partial charge in [0, 0.05) is 23.8 Å². The molecule has 0 amide bonds. The smallest absolute Gasteiger partial charge is 0.0406 e. The molecule has 0 bridgehead atoms. The molecule has 0 radical (unpaired) electrons. The van der Waals surface area contributed by atoms with Crippen molar-refractivity contribution in [1.82, 2.24) is 0 Å². The second kappa shape index (κ2) is 2.91. The summed E-state index contributed by atoms with van der Waals surface area (Å²) in [7, 11) is 0. The summed E-state index contributed by atoms with van der Waals surface area (Å²) >= 11 is 0. The minimum atomic E-state index is 0.315. The molecule has 0 aliphatic carbocycles. The van der Waals surface area contributed by atoms with Gasteiger partial charge in [-0.25, -0.2) is 0 Å². The van der Waals surface area contributed by atoms with Crippen molar-refractivity contribution in [3.05, 3.63) is 42.6 Å². The molecule has 0 saturated carbocycles. The second-order valence-corrected chi connectivity index (χ2v) is 4.27. The monoisotopic (exact) mass is 173 g/mol. The van der Waals surface area contributed by atoms with Crippen LogP contribution < -0.4 is 4.90 Å². The van der Waals surface area contributed by atoms with E-state index < -0.39 is 0 Å². The van der Waals surface area contributed by atoms with Crippen LogP contribution in [0.4, 0.5) is 5.69 Å². The molecule has 1 aromatic carbocycles. The largest absolute Gasteiger partial charge is 0.347 e. The first-order valence-corrected chi connectivity index (χ1v) is 4.68. The molecule has 0 spiro atoms. The molecule has 0 atom stereocenters. The minimum Gasteiger partial charge on any atom is -0.347 e. The van der Waals surface area contributed by atoms with Gasteiger partial charge in [0.2, 0.25) is 0 Å². The molecule has 1 heteroatoms. The van der Waals surface area contributed by atoms with Crippen molar-refractivity contribution in [1.29, 1.82) is 0 Å². The van der Waals surface area contributed by atoms with Gasteiger partial charge in [-0.2, -0.15) is 0 Å². The highest BCUT2D eigenvalue weighted by Crippen LogP contribution is 2.29. The standard InChI is InChI=1S/C12H15N/c1-12(2)8-9-13(10-12)11-6-4-3-5-7-11/h3-9H,10H2,1-2H3. The maximum absolute atomic E-state index is 2.29. The third-order valence-corrected chi connectivity index (χ3v) is 2.37. The molecule has 1 heterocycles. The van der Waals surface area contributed by atoms with E-state index in [1.165, 1.54) is 5.69 Å². The average molecular weight is 173 g/mol. The van der Waals surface area contributed by atoms with Crippen molar-refractivity contribution in [2.24, 2.45) is 5.41 Å². The van der Waals surface area contributed by atoms with E-state index in [1.54, 1.807) is 0 Å². The quantitative estimate of drug-likeness (QED) is 0.631. The van der Waals surface area contributed by atoms with Crippen molar-refractivity contribution in [3.8, 4) is 0 Å². The summed E-state index contributed by atoms with van der Waals surface area (Å²) in [5.41, 5.74) is 1.60. The Bertz CT molecular complexity index is 311. The first-order valence-electron chi connectivity index (χ1n) is 4.68. The first-order chi connectivity index (χ1) is 6.17. The summed E-state index contributed by atoms with van der Waals surface area (Å²) in [4.78, 5) is 2.29. The third-order valence-electron chi connectivity index (χ3n) is 2.37. The van der Waals surface area contributed by atoms with Crippen molar-refractivity contribution in [3.63, 3.8) is 0 Å². The lowest BCUT2D eigenvalue weighted by Crippen LogP contribution is -2.22. The third kappa shape index (κ3) is 1.74. The van der Waals surface area contributed by atoms with Crippen LogP contribution >= 0.6 is 0 Å². The van der Waals surface area contributed by atoms with Gasteiger partial charge in [-0.1, -0.05) is 38.1 Å². The zero-order chi connectivity index (χ0) is 9.31. The van der Waals surface area contributed by atoms with E-state index in [0.717, 1.165) is 6.54 Å². The first kappa shape index (κ1) is 8.36. The highest BCUT2D eigenvalue weighted by molar-refractivity contribution is 5.51. The summed E-state index contributed by atoms with van der Waals surface area (Å²) in [6, 6.07) is 10.5. The fourth-order valence-corrected chi connectivity index (χ4v) is 1.63. The lowest BCUT2D eigenvalue weighted by atomic mass is 9.96. The number of anilines is 1. The van der Waals surface area contributed by atoms with Crippen molar-refractivity contribution < 1.29 is 0 Å². The Labute approximate surface area is 79.7 Å². The number of nitrogens with zero attached hydrogens (tertiary/aromatic N) is 1. The Hall–Kier alpha value is -1.24. The summed E-state index contributed by atoms with van der Waals surface area (Å²) in [5, 5.41) is 0. The lowest BCUT2D eigenvalue weighted by molar-refractivity contribution is 0.516. The molecule has 0 fully saturated rings. The SMILES string of the molecule is CC1(C)C=CN(c2ccccc2)C1. The Morgan fingerprint density at radius 3 is 2.38 bits per heavy atom. The Morgan fingerprint density at radius 1 is 1.15 bits per heavy atom. The Balaban J connectivity index is 2.19. The molecule has 0 N–H and O–H groups in total. The number of para-hydroxylation sites is 1. The zero-order valence-electron chi connectivity index (χ0n) is 8.20. The summed E-state index contributed by atoms with van der Waals surface area (Å²) in [6.45, 7) is 5.59. The van der Waals surface area contributed by atoms with Gasteiger partial charge in [0.15, 0.2) is 0 Å². The molecule has 2 rings (SSSR count). The van der Waals surface area contributed by atoms with Crippen molar-refractivity contribution >= 4 is 5.69 Å². The summed E-state index contributed by atoms with van der Waals surface area (Å²) in [5.74, 6) is 0. The minimum absolute atomic E-state index is 0.315. The van der Waals surface area contributed by atoms with E-state index in [0.29, 0.717) is 5.41 Å². The second-order valence-electron chi connectivity index (χ2n) is 4.27. The summed E-state index contributed by atoms with van der Waals surface area (Å²) < 4.78 is 0. The van der Waals surface area contributed by atoms with Crippen LogP contribution in [0.15, 0.2) is 42.6 Å². The molecule has 0 aromatic heterocycles. The van der Waals surface area contributed by atoms with Gasteiger partial charge in [-0.05, 0) is 12.1 Å². The maximum atomic E-state index is 2.29.